The fraction of sp³-hybridized carbons (Fsp3) is 0.412. The Labute approximate surface area is 163 Å². The molecule has 0 radical (unpaired) electrons. The molecule has 0 aliphatic carbocycles. The van der Waals surface area contributed by atoms with E-state index in [1.807, 2.05) is 23.6 Å². The van der Waals surface area contributed by atoms with Gasteiger partial charge >= 0.3 is 0 Å². The van der Waals surface area contributed by atoms with E-state index < -0.39 is 10.0 Å². The summed E-state index contributed by atoms with van der Waals surface area (Å²) in [5.74, 6) is 1.13. The average molecular weight is 413 g/mol. The largest absolute Gasteiger partial charge is 0.304 e. The molecule has 140 valence electrons. The number of aromatic nitrogens is 3. The van der Waals surface area contributed by atoms with Gasteiger partial charge in [-0.3, -0.25) is 5.10 Å². The SMILES string of the molecule is CCn1c(C2CCN(S(=O)(=O)/C=C/c3ccccc3Cl)CC2)n[nH]c1=S. The van der Waals surface area contributed by atoms with Crippen LogP contribution >= 0.6 is 23.8 Å². The second kappa shape index (κ2) is 8.04. The minimum atomic E-state index is -3.48. The van der Waals surface area contributed by atoms with E-state index in [1.54, 1.807) is 18.2 Å². The van der Waals surface area contributed by atoms with Crippen LogP contribution in [-0.2, 0) is 16.6 Å². The van der Waals surface area contributed by atoms with Gasteiger partial charge in [-0.1, -0.05) is 29.8 Å². The maximum atomic E-state index is 12.6. The molecule has 6 nitrogen and oxygen atoms in total. The molecule has 0 spiro atoms. The van der Waals surface area contributed by atoms with E-state index in [2.05, 4.69) is 10.2 Å². The number of hydrogen-bond donors (Lipinski definition) is 1. The zero-order valence-corrected chi connectivity index (χ0v) is 16.8. The normalized spacial score (nSPS) is 17.2. The van der Waals surface area contributed by atoms with Gasteiger partial charge in [0, 0.05) is 36.0 Å². The highest BCUT2D eigenvalue weighted by Crippen LogP contribution is 2.28. The summed E-state index contributed by atoms with van der Waals surface area (Å²) in [6.45, 7) is 3.70. The predicted octanol–water partition coefficient (Wildman–Crippen LogP) is 3.79. The lowest BCUT2D eigenvalue weighted by atomic mass is 9.97. The molecule has 1 fully saturated rings. The van der Waals surface area contributed by atoms with Crippen molar-refractivity contribution < 1.29 is 8.42 Å². The third kappa shape index (κ3) is 4.09. The molecule has 1 N–H and O–H groups in total. The number of aromatic amines is 1. The number of nitrogens with zero attached hydrogens (tertiary/aromatic N) is 3. The van der Waals surface area contributed by atoms with Gasteiger partial charge < -0.3 is 4.57 Å². The van der Waals surface area contributed by atoms with Crippen LogP contribution in [0.1, 0.15) is 37.1 Å². The van der Waals surface area contributed by atoms with Crippen molar-refractivity contribution in [2.24, 2.45) is 0 Å². The molecule has 2 heterocycles. The summed E-state index contributed by atoms with van der Waals surface area (Å²) in [6, 6.07) is 7.16. The van der Waals surface area contributed by atoms with Gasteiger partial charge in [0.15, 0.2) is 4.77 Å². The van der Waals surface area contributed by atoms with Gasteiger partial charge in [-0.15, -0.1) is 0 Å². The van der Waals surface area contributed by atoms with E-state index in [0.29, 0.717) is 28.4 Å². The van der Waals surface area contributed by atoms with Gasteiger partial charge in [0.05, 0.1) is 0 Å². The molecular weight excluding hydrogens is 392 g/mol. The van der Waals surface area contributed by atoms with Crippen molar-refractivity contribution >= 4 is 39.9 Å². The number of hydrogen-bond acceptors (Lipinski definition) is 4. The Bertz CT molecular complexity index is 957. The van der Waals surface area contributed by atoms with Crippen LogP contribution in [0.4, 0.5) is 0 Å². The van der Waals surface area contributed by atoms with Gasteiger partial charge in [-0.25, -0.2) is 8.42 Å². The Morgan fingerprint density at radius 3 is 2.69 bits per heavy atom. The maximum Gasteiger partial charge on any atom is 0.236 e. The Balaban J connectivity index is 1.69. The van der Waals surface area contributed by atoms with Crippen molar-refractivity contribution in [2.75, 3.05) is 13.1 Å². The van der Waals surface area contributed by atoms with Crippen LogP contribution in [0, 0.1) is 4.77 Å². The van der Waals surface area contributed by atoms with Crippen LogP contribution in [0.2, 0.25) is 5.02 Å². The van der Waals surface area contributed by atoms with Crippen LogP contribution in [-0.4, -0.2) is 40.6 Å². The van der Waals surface area contributed by atoms with Crippen LogP contribution in [0.25, 0.3) is 6.08 Å². The zero-order chi connectivity index (χ0) is 18.7. The molecule has 1 saturated heterocycles. The molecule has 26 heavy (non-hydrogen) atoms. The number of sulfonamides is 1. The summed E-state index contributed by atoms with van der Waals surface area (Å²) in [7, 11) is -3.48. The van der Waals surface area contributed by atoms with Gasteiger partial charge in [0.25, 0.3) is 0 Å². The summed E-state index contributed by atoms with van der Waals surface area (Å²) >= 11 is 11.3. The third-order valence-corrected chi connectivity index (χ3v) is 6.83. The molecule has 9 heteroatoms. The summed E-state index contributed by atoms with van der Waals surface area (Å²) in [6.07, 6.45) is 2.99. The molecule has 0 unspecified atom stereocenters. The summed E-state index contributed by atoms with van der Waals surface area (Å²) in [4.78, 5) is 0. The molecule has 1 aliphatic heterocycles. The average Bonchev–Trinajstić information content (AvgIpc) is 3.02. The van der Waals surface area contributed by atoms with Gasteiger partial charge in [-0.05, 0) is 49.7 Å². The monoisotopic (exact) mass is 412 g/mol. The van der Waals surface area contributed by atoms with E-state index >= 15 is 0 Å². The number of rotatable bonds is 5. The zero-order valence-electron chi connectivity index (χ0n) is 14.4. The highest BCUT2D eigenvalue weighted by molar-refractivity contribution is 7.92. The fourth-order valence-electron chi connectivity index (χ4n) is 3.17. The second-order valence-corrected chi connectivity index (χ2v) is 8.79. The van der Waals surface area contributed by atoms with Crippen molar-refractivity contribution in [1.82, 2.24) is 19.1 Å². The second-order valence-electron chi connectivity index (χ2n) is 6.17. The van der Waals surface area contributed by atoms with Crippen molar-refractivity contribution in [3.8, 4) is 0 Å². The van der Waals surface area contributed by atoms with E-state index in [4.69, 9.17) is 23.8 Å². The number of benzene rings is 1. The first-order valence-electron chi connectivity index (χ1n) is 8.50. The number of halogens is 1. The summed E-state index contributed by atoms with van der Waals surface area (Å²) in [5, 5.41) is 8.92. The van der Waals surface area contributed by atoms with Crippen LogP contribution < -0.4 is 0 Å². The highest BCUT2D eigenvalue weighted by atomic mass is 35.5. The molecule has 1 aromatic heterocycles. The number of piperidine rings is 1. The lowest BCUT2D eigenvalue weighted by molar-refractivity contribution is 0.312. The molecule has 1 aromatic carbocycles. The lowest BCUT2D eigenvalue weighted by Gasteiger charge is -2.29. The van der Waals surface area contributed by atoms with Crippen molar-refractivity contribution in [3.63, 3.8) is 0 Å². The van der Waals surface area contributed by atoms with E-state index in [1.165, 1.54) is 9.71 Å². The Morgan fingerprint density at radius 1 is 1.35 bits per heavy atom. The highest BCUT2D eigenvalue weighted by Gasteiger charge is 2.29. The first-order chi connectivity index (χ1) is 12.4. The molecule has 2 aromatic rings. The Morgan fingerprint density at radius 2 is 2.04 bits per heavy atom. The molecule has 0 amide bonds. The Kier molecular flexibility index (Phi) is 5.96. The predicted molar refractivity (Wildman–Crippen MR) is 106 cm³/mol. The topological polar surface area (TPSA) is 71.0 Å². The standard InChI is InChI=1S/C17H21ClN4O2S2/c1-2-22-16(19-20-17(22)25)14-7-10-21(11-8-14)26(23,24)12-9-13-5-3-4-6-15(13)18/h3-6,9,12,14H,2,7-8,10-11H2,1H3,(H,20,25)/b12-9+. The first-order valence-corrected chi connectivity index (χ1v) is 10.8. The molecule has 0 atom stereocenters. The quantitative estimate of drug-likeness (QED) is 0.758. The summed E-state index contributed by atoms with van der Waals surface area (Å²) < 4.78 is 29.3. The van der Waals surface area contributed by atoms with Crippen LogP contribution in [0.3, 0.4) is 0 Å². The van der Waals surface area contributed by atoms with Gasteiger partial charge in [0.1, 0.15) is 5.82 Å². The van der Waals surface area contributed by atoms with E-state index in [-0.39, 0.29) is 5.92 Å². The maximum absolute atomic E-state index is 12.6. The molecule has 3 rings (SSSR count). The van der Waals surface area contributed by atoms with Gasteiger partial charge in [0.2, 0.25) is 10.0 Å². The van der Waals surface area contributed by atoms with E-state index in [9.17, 15) is 8.42 Å². The molecule has 0 bridgehead atoms. The Hall–Kier alpha value is -1.48. The number of H-pyrrole nitrogens is 1. The van der Waals surface area contributed by atoms with E-state index in [0.717, 1.165) is 25.2 Å². The van der Waals surface area contributed by atoms with Crippen LogP contribution in [0.5, 0.6) is 0 Å². The smallest absolute Gasteiger partial charge is 0.236 e. The fourth-order valence-corrected chi connectivity index (χ4v) is 4.85. The van der Waals surface area contributed by atoms with Crippen LogP contribution in [0.15, 0.2) is 29.7 Å². The minimum absolute atomic E-state index is 0.210. The molecule has 0 saturated carbocycles. The first kappa shape index (κ1) is 19.3. The molecule has 1 aliphatic rings. The molecular formula is C17H21ClN4O2S2. The third-order valence-electron chi connectivity index (χ3n) is 4.61. The summed E-state index contributed by atoms with van der Waals surface area (Å²) in [5.41, 5.74) is 0.686. The van der Waals surface area contributed by atoms with Crippen molar-refractivity contribution in [3.05, 3.63) is 50.9 Å². The van der Waals surface area contributed by atoms with Gasteiger partial charge in [-0.2, -0.15) is 9.40 Å². The number of nitrogens with one attached hydrogen (secondary N) is 1. The van der Waals surface area contributed by atoms with Crippen molar-refractivity contribution in [1.29, 1.82) is 0 Å². The lowest BCUT2D eigenvalue weighted by Crippen LogP contribution is -2.37. The van der Waals surface area contributed by atoms with Crippen molar-refractivity contribution in [2.45, 2.75) is 32.2 Å². The minimum Gasteiger partial charge on any atom is -0.304 e.